The number of hydrogen-bond donors (Lipinski definition) is 5. The summed E-state index contributed by atoms with van der Waals surface area (Å²) in [6.07, 6.45) is 2.44. The Labute approximate surface area is 191 Å². The molecule has 1 aromatic carbocycles. The van der Waals surface area contributed by atoms with E-state index in [0.717, 1.165) is 50.7 Å². The molecule has 0 aliphatic carbocycles. The highest BCUT2D eigenvalue weighted by Gasteiger charge is 2.19. The molecule has 0 radical (unpaired) electrons. The van der Waals surface area contributed by atoms with Gasteiger partial charge in [0.25, 0.3) is 0 Å². The lowest BCUT2D eigenvalue weighted by Crippen LogP contribution is -2.54. The van der Waals surface area contributed by atoms with Crippen molar-refractivity contribution in [2.75, 3.05) is 51.1 Å². The van der Waals surface area contributed by atoms with Crippen molar-refractivity contribution in [2.45, 2.75) is 39.0 Å². The van der Waals surface area contributed by atoms with Gasteiger partial charge in [-0.2, -0.15) is 0 Å². The topological polar surface area (TPSA) is 96.1 Å². The number of amides is 1. The molecule has 3 heterocycles. The number of fused-ring (bicyclic) bond motifs is 13. The number of hydrogen-bond acceptors (Lipinski definition) is 7. The maximum Gasteiger partial charge on any atom is 0.234 e. The molecule has 9 heteroatoms. The van der Waals surface area contributed by atoms with Crippen LogP contribution in [-0.4, -0.2) is 79.6 Å². The molecule has 2 atom stereocenters. The first-order chi connectivity index (χ1) is 15.6. The van der Waals surface area contributed by atoms with E-state index in [0.29, 0.717) is 19.6 Å². The third-order valence-electron chi connectivity index (χ3n) is 5.83. The molecule has 1 aromatic rings. The van der Waals surface area contributed by atoms with Gasteiger partial charge in [-0.05, 0) is 31.0 Å². The van der Waals surface area contributed by atoms with Crippen LogP contribution in [0.1, 0.15) is 25.8 Å². The molecule has 1 fully saturated rings. The van der Waals surface area contributed by atoms with Crippen molar-refractivity contribution < 1.29 is 4.79 Å². The molecule has 3 aliphatic heterocycles. The van der Waals surface area contributed by atoms with E-state index in [1.54, 1.807) is 0 Å². The molecule has 1 amide bonds. The summed E-state index contributed by atoms with van der Waals surface area (Å²) < 4.78 is 0. The Balaban J connectivity index is 1.72. The summed E-state index contributed by atoms with van der Waals surface area (Å²) in [5, 5.41) is 9.97. The zero-order chi connectivity index (χ0) is 22.8. The van der Waals surface area contributed by atoms with Gasteiger partial charge in [0, 0.05) is 57.7 Å². The minimum Gasteiger partial charge on any atom is -0.368 e. The lowest BCUT2D eigenvalue weighted by atomic mass is 10.1. The minimum absolute atomic E-state index is 0.0286. The molecule has 9 nitrogen and oxygen atoms in total. The SMILES string of the molecule is C=CN=C1NNC(CC)Nc2cccc(c2)CN2CCN(CC2)CC(=O)NCCNC1C. The molecule has 0 spiro atoms. The number of rotatable bonds is 2. The molecule has 1 saturated heterocycles. The van der Waals surface area contributed by atoms with Crippen LogP contribution in [0.3, 0.4) is 0 Å². The average Bonchev–Trinajstić information content (AvgIpc) is 2.79. The Morgan fingerprint density at radius 3 is 2.62 bits per heavy atom. The Morgan fingerprint density at radius 1 is 1.16 bits per heavy atom. The van der Waals surface area contributed by atoms with Crippen molar-refractivity contribution in [3.63, 3.8) is 0 Å². The number of hydrazine groups is 1. The second-order valence-electron chi connectivity index (χ2n) is 8.35. The van der Waals surface area contributed by atoms with E-state index in [2.05, 4.69) is 79.4 Å². The highest BCUT2D eigenvalue weighted by Crippen LogP contribution is 2.15. The van der Waals surface area contributed by atoms with Crippen molar-refractivity contribution in [3.05, 3.63) is 42.6 Å². The van der Waals surface area contributed by atoms with E-state index in [4.69, 9.17) is 0 Å². The van der Waals surface area contributed by atoms with Crippen LogP contribution in [0.15, 0.2) is 42.0 Å². The third-order valence-corrected chi connectivity index (χ3v) is 5.83. The number of aliphatic imine (C=N–C) groups is 1. The monoisotopic (exact) mass is 442 g/mol. The molecule has 2 unspecified atom stereocenters. The molecule has 32 heavy (non-hydrogen) atoms. The van der Waals surface area contributed by atoms with Crippen LogP contribution in [0.4, 0.5) is 5.69 Å². The van der Waals surface area contributed by atoms with Gasteiger partial charge in [0.15, 0.2) is 0 Å². The second kappa shape index (κ2) is 12.5. The molecule has 4 rings (SSSR count). The minimum atomic E-state index is -0.0306. The highest BCUT2D eigenvalue weighted by molar-refractivity contribution is 5.87. The quantitative estimate of drug-likeness (QED) is 0.430. The number of carbonyl (C=O) groups excluding carboxylic acids is 1. The maximum atomic E-state index is 12.3. The van der Waals surface area contributed by atoms with Gasteiger partial charge < -0.3 is 21.4 Å². The van der Waals surface area contributed by atoms with Crippen LogP contribution in [0.2, 0.25) is 0 Å². The fourth-order valence-electron chi connectivity index (χ4n) is 3.92. The van der Waals surface area contributed by atoms with Gasteiger partial charge in [-0.1, -0.05) is 25.6 Å². The number of nitrogens with one attached hydrogen (secondary N) is 5. The van der Waals surface area contributed by atoms with Crippen molar-refractivity contribution >= 4 is 17.4 Å². The first-order valence-electron chi connectivity index (χ1n) is 11.6. The number of nitrogens with zero attached hydrogens (tertiary/aromatic N) is 3. The van der Waals surface area contributed by atoms with Gasteiger partial charge >= 0.3 is 0 Å². The molecule has 0 aromatic heterocycles. The van der Waals surface area contributed by atoms with Crippen molar-refractivity contribution in [3.8, 4) is 0 Å². The highest BCUT2D eigenvalue weighted by atomic mass is 16.2. The van der Waals surface area contributed by atoms with E-state index in [9.17, 15) is 4.79 Å². The van der Waals surface area contributed by atoms with Crippen LogP contribution < -0.4 is 26.8 Å². The largest absolute Gasteiger partial charge is 0.368 e. The van der Waals surface area contributed by atoms with Gasteiger partial charge in [0.05, 0.1) is 18.8 Å². The van der Waals surface area contributed by atoms with Crippen molar-refractivity contribution in [1.82, 2.24) is 31.3 Å². The van der Waals surface area contributed by atoms with Crippen LogP contribution in [-0.2, 0) is 11.3 Å². The Kier molecular flexibility index (Phi) is 9.48. The maximum absolute atomic E-state index is 12.3. The molecular formula is C23H38N8O. The summed E-state index contributed by atoms with van der Waals surface area (Å²) >= 11 is 0. The Morgan fingerprint density at radius 2 is 1.91 bits per heavy atom. The smallest absolute Gasteiger partial charge is 0.234 e. The van der Waals surface area contributed by atoms with E-state index >= 15 is 0 Å². The normalized spacial score (nSPS) is 29.4. The fraction of sp³-hybridized carbons (Fsp3) is 0.565. The Hall–Kier alpha value is -2.46. The number of carbonyl (C=O) groups is 1. The molecule has 0 saturated carbocycles. The van der Waals surface area contributed by atoms with Crippen LogP contribution in [0.25, 0.3) is 0 Å². The van der Waals surface area contributed by atoms with E-state index < -0.39 is 0 Å². The third kappa shape index (κ3) is 7.59. The summed E-state index contributed by atoms with van der Waals surface area (Å²) in [7, 11) is 0. The number of amidine groups is 1. The van der Waals surface area contributed by atoms with Crippen LogP contribution in [0, 0.1) is 0 Å². The first kappa shape index (κ1) is 24.2. The molecule has 4 bridgehead atoms. The van der Waals surface area contributed by atoms with Gasteiger partial charge in [-0.25, -0.2) is 10.4 Å². The van der Waals surface area contributed by atoms with Crippen LogP contribution in [0.5, 0.6) is 0 Å². The molecule has 5 N–H and O–H groups in total. The van der Waals surface area contributed by atoms with Gasteiger partial charge in [-0.3, -0.25) is 14.6 Å². The zero-order valence-electron chi connectivity index (χ0n) is 19.4. The lowest BCUT2D eigenvalue weighted by molar-refractivity contribution is -0.122. The first-order valence-corrected chi connectivity index (χ1v) is 11.6. The van der Waals surface area contributed by atoms with Gasteiger partial charge in [0.1, 0.15) is 5.84 Å². The fourth-order valence-corrected chi connectivity index (χ4v) is 3.92. The molecule has 3 aliphatic rings. The lowest BCUT2D eigenvalue weighted by Gasteiger charge is -2.34. The number of piperazine rings is 1. The summed E-state index contributed by atoms with van der Waals surface area (Å²) in [6, 6.07) is 8.55. The van der Waals surface area contributed by atoms with Crippen molar-refractivity contribution in [1.29, 1.82) is 0 Å². The second-order valence-corrected chi connectivity index (χ2v) is 8.35. The predicted molar refractivity (Wildman–Crippen MR) is 130 cm³/mol. The number of anilines is 1. The summed E-state index contributed by atoms with van der Waals surface area (Å²) in [5.41, 5.74) is 8.94. The molecule has 176 valence electrons. The summed E-state index contributed by atoms with van der Waals surface area (Å²) in [4.78, 5) is 21.4. The summed E-state index contributed by atoms with van der Waals surface area (Å²) in [5.74, 6) is 0.817. The van der Waals surface area contributed by atoms with E-state index in [1.807, 2.05) is 6.92 Å². The number of benzene rings is 1. The van der Waals surface area contributed by atoms with Gasteiger partial charge in [0.2, 0.25) is 5.91 Å². The van der Waals surface area contributed by atoms with E-state index in [-0.39, 0.29) is 18.1 Å². The average molecular weight is 443 g/mol. The Bertz CT molecular complexity index is 775. The van der Waals surface area contributed by atoms with Crippen molar-refractivity contribution in [2.24, 2.45) is 4.99 Å². The van der Waals surface area contributed by atoms with Gasteiger partial charge in [-0.15, -0.1) is 0 Å². The van der Waals surface area contributed by atoms with E-state index in [1.165, 1.54) is 11.8 Å². The van der Waals surface area contributed by atoms with Crippen LogP contribution >= 0.6 is 0 Å². The standard InChI is InChI=1S/C23H38N8O/c1-4-21-27-20-8-6-7-19(15-20)16-30-11-13-31(14-12-30)17-22(32)26-10-9-25-18(3)23(24-5-2)29-28-21/h5-8,15,18,21,25,27-28H,2,4,9-14,16-17H2,1,3H3,(H,24,29)(H,26,32). The zero-order valence-corrected chi connectivity index (χ0v) is 19.4. The summed E-state index contributed by atoms with van der Waals surface area (Å²) in [6.45, 7) is 14.2. The predicted octanol–water partition coefficient (Wildman–Crippen LogP) is 0.696. The molecular weight excluding hydrogens is 404 g/mol.